The first-order valence-corrected chi connectivity index (χ1v) is 6.20. The van der Waals surface area contributed by atoms with Gasteiger partial charge in [-0.05, 0) is 50.4 Å². The second-order valence-corrected chi connectivity index (χ2v) is 4.95. The van der Waals surface area contributed by atoms with Gasteiger partial charge in [0.15, 0.2) is 0 Å². The van der Waals surface area contributed by atoms with E-state index < -0.39 is 0 Å². The van der Waals surface area contributed by atoms with Gasteiger partial charge in [-0.3, -0.25) is 0 Å². The van der Waals surface area contributed by atoms with Gasteiger partial charge in [0.05, 0.1) is 0 Å². The molecule has 0 aliphatic carbocycles. The van der Waals surface area contributed by atoms with Crippen molar-refractivity contribution >= 4 is 15.9 Å². The van der Waals surface area contributed by atoms with Crippen LogP contribution in [0.4, 0.5) is 4.39 Å². The molecule has 1 aromatic carbocycles. The number of piperidine rings is 1. The number of hydrogen-bond acceptors (Lipinski definition) is 1. The molecule has 1 N–H and O–H groups in total. The Kier molecular flexibility index (Phi) is 3.76. The molecule has 1 aromatic rings. The molecule has 0 spiro atoms. The minimum atomic E-state index is -0.0806. The van der Waals surface area contributed by atoms with Crippen LogP contribution in [0.5, 0.6) is 0 Å². The Morgan fingerprint density at radius 2 is 2.07 bits per heavy atom. The van der Waals surface area contributed by atoms with Crippen molar-refractivity contribution in [2.75, 3.05) is 13.1 Å². The van der Waals surface area contributed by atoms with Crippen molar-refractivity contribution < 1.29 is 4.39 Å². The molecular formula is C12H15BrFN. The second-order valence-electron chi connectivity index (χ2n) is 4.10. The maximum atomic E-state index is 13.6. The van der Waals surface area contributed by atoms with Crippen molar-refractivity contribution in [3.05, 3.63) is 34.1 Å². The summed E-state index contributed by atoms with van der Waals surface area (Å²) in [7, 11) is 0. The van der Waals surface area contributed by atoms with Crippen LogP contribution in [0.2, 0.25) is 0 Å². The van der Waals surface area contributed by atoms with E-state index in [0.717, 1.165) is 42.4 Å². The fourth-order valence-electron chi connectivity index (χ4n) is 2.10. The van der Waals surface area contributed by atoms with Gasteiger partial charge in [0.2, 0.25) is 0 Å². The number of rotatable bonds is 2. The molecule has 82 valence electrons. The lowest BCUT2D eigenvalue weighted by molar-refractivity contribution is 0.368. The SMILES string of the molecule is Fc1cccc(Br)c1CC1CCNCC1. The van der Waals surface area contributed by atoms with Crippen molar-refractivity contribution in [2.45, 2.75) is 19.3 Å². The molecule has 1 aliphatic heterocycles. The summed E-state index contributed by atoms with van der Waals surface area (Å²) < 4.78 is 14.5. The first-order chi connectivity index (χ1) is 7.27. The highest BCUT2D eigenvalue weighted by Crippen LogP contribution is 2.25. The maximum Gasteiger partial charge on any atom is 0.127 e. The summed E-state index contributed by atoms with van der Waals surface area (Å²) in [5, 5.41) is 3.32. The monoisotopic (exact) mass is 271 g/mol. The van der Waals surface area contributed by atoms with Crippen LogP contribution in [0, 0.1) is 11.7 Å². The molecule has 0 bridgehead atoms. The minimum Gasteiger partial charge on any atom is -0.317 e. The van der Waals surface area contributed by atoms with E-state index in [-0.39, 0.29) is 5.82 Å². The van der Waals surface area contributed by atoms with Crippen LogP contribution in [0.1, 0.15) is 18.4 Å². The highest BCUT2D eigenvalue weighted by Gasteiger charge is 2.16. The van der Waals surface area contributed by atoms with Crippen molar-refractivity contribution in [3.63, 3.8) is 0 Å². The van der Waals surface area contributed by atoms with E-state index >= 15 is 0 Å². The maximum absolute atomic E-state index is 13.6. The van der Waals surface area contributed by atoms with Crippen LogP contribution in [0.15, 0.2) is 22.7 Å². The summed E-state index contributed by atoms with van der Waals surface area (Å²) in [6, 6.07) is 5.20. The van der Waals surface area contributed by atoms with E-state index in [1.807, 2.05) is 6.07 Å². The van der Waals surface area contributed by atoms with Gasteiger partial charge in [-0.15, -0.1) is 0 Å². The molecule has 0 amide bonds. The first kappa shape index (κ1) is 11.1. The summed E-state index contributed by atoms with van der Waals surface area (Å²) in [4.78, 5) is 0. The molecular weight excluding hydrogens is 257 g/mol. The quantitative estimate of drug-likeness (QED) is 0.872. The zero-order chi connectivity index (χ0) is 10.7. The summed E-state index contributed by atoms with van der Waals surface area (Å²) in [6.45, 7) is 2.13. The smallest absolute Gasteiger partial charge is 0.127 e. The second kappa shape index (κ2) is 5.08. The van der Waals surface area contributed by atoms with E-state index in [4.69, 9.17) is 0 Å². The van der Waals surface area contributed by atoms with Gasteiger partial charge < -0.3 is 5.32 Å². The zero-order valence-corrected chi connectivity index (χ0v) is 10.2. The highest BCUT2D eigenvalue weighted by atomic mass is 79.9. The molecule has 2 rings (SSSR count). The van der Waals surface area contributed by atoms with E-state index in [0.29, 0.717) is 5.92 Å². The van der Waals surface area contributed by atoms with Crippen LogP contribution >= 0.6 is 15.9 Å². The van der Waals surface area contributed by atoms with Gasteiger partial charge in [-0.1, -0.05) is 22.0 Å². The lowest BCUT2D eigenvalue weighted by Gasteiger charge is -2.23. The Hall–Kier alpha value is -0.410. The lowest BCUT2D eigenvalue weighted by atomic mass is 9.91. The number of nitrogens with one attached hydrogen (secondary N) is 1. The van der Waals surface area contributed by atoms with Crippen molar-refractivity contribution in [1.29, 1.82) is 0 Å². The van der Waals surface area contributed by atoms with Crippen LogP contribution in [-0.4, -0.2) is 13.1 Å². The largest absolute Gasteiger partial charge is 0.317 e. The molecule has 3 heteroatoms. The molecule has 0 aromatic heterocycles. The molecule has 0 atom stereocenters. The van der Waals surface area contributed by atoms with Gasteiger partial charge in [-0.25, -0.2) is 4.39 Å². The van der Waals surface area contributed by atoms with Crippen LogP contribution in [-0.2, 0) is 6.42 Å². The van der Waals surface area contributed by atoms with E-state index in [9.17, 15) is 4.39 Å². The van der Waals surface area contributed by atoms with Gasteiger partial charge in [-0.2, -0.15) is 0 Å². The van der Waals surface area contributed by atoms with E-state index in [1.165, 1.54) is 0 Å². The predicted octanol–water partition coefficient (Wildman–Crippen LogP) is 3.13. The van der Waals surface area contributed by atoms with E-state index in [1.54, 1.807) is 12.1 Å². The van der Waals surface area contributed by atoms with Crippen molar-refractivity contribution in [2.24, 2.45) is 5.92 Å². The zero-order valence-electron chi connectivity index (χ0n) is 8.60. The molecule has 0 radical (unpaired) electrons. The Labute approximate surface area is 98.2 Å². The van der Waals surface area contributed by atoms with Gasteiger partial charge in [0, 0.05) is 10.0 Å². The van der Waals surface area contributed by atoms with Crippen LogP contribution < -0.4 is 5.32 Å². The molecule has 15 heavy (non-hydrogen) atoms. The Balaban J connectivity index is 2.09. The Morgan fingerprint density at radius 1 is 1.33 bits per heavy atom. The first-order valence-electron chi connectivity index (χ1n) is 5.41. The average Bonchev–Trinajstić information content (AvgIpc) is 2.25. The third-order valence-electron chi connectivity index (χ3n) is 3.01. The fourth-order valence-corrected chi connectivity index (χ4v) is 2.61. The summed E-state index contributed by atoms with van der Waals surface area (Å²) in [5.41, 5.74) is 0.837. The molecule has 0 saturated carbocycles. The van der Waals surface area contributed by atoms with Crippen molar-refractivity contribution in [3.8, 4) is 0 Å². The van der Waals surface area contributed by atoms with Crippen LogP contribution in [0.25, 0.3) is 0 Å². The van der Waals surface area contributed by atoms with Crippen molar-refractivity contribution in [1.82, 2.24) is 5.32 Å². The molecule has 1 aliphatic rings. The number of halogens is 2. The number of benzene rings is 1. The molecule has 1 saturated heterocycles. The fraction of sp³-hybridized carbons (Fsp3) is 0.500. The summed E-state index contributed by atoms with van der Waals surface area (Å²) >= 11 is 3.42. The molecule has 1 heterocycles. The van der Waals surface area contributed by atoms with Gasteiger partial charge in [0.1, 0.15) is 5.82 Å². The predicted molar refractivity (Wildman–Crippen MR) is 63.4 cm³/mol. The third-order valence-corrected chi connectivity index (χ3v) is 3.76. The Bertz CT molecular complexity index is 314. The summed E-state index contributed by atoms with van der Waals surface area (Å²) in [5.74, 6) is 0.544. The molecule has 0 unspecified atom stereocenters. The number of hydrogen-bond donors (Lipinski definition) is 1. The Morgan fingerprint density at radius 3 is 2.73 bits per heavy atom. The lowest BCUT2D eigenvalue weighted by Crippen LogP contribution is -2.28. The molecule has 1 nitrogen and oxygen atoms in total. The highest BCUT2D eigenvalue weighted by molar-refractivity contribution is 9.10. The van der Waals surface area contributed by atoms with E-state index in [2.05, 4.69) is 21.2 Å². The normalized spacial score (nSPS) is 18.0. The standard InChI is InChI=1S/C12H15BrFN/c13-11-2-1-3-12(14)10(11)8-9-4-6-15-7-5-9/h1-3,9,15H,4-8H2. The average molecular weight is 272 g/mol. The molecule has 1 fully saturated rings. The van der Waals surface area contributed by atoms with Gasteiger partial charge in [0.25, 0.3) is 0 Å². The third kappa shape index (κ3) is 2.79. The van der Waals surface area contributed by atoms with Gasteiger partial charge >= 0.3 is 0 Å². The topological polar surface area (TPSA) is 12.0 Å². The summed E-state index contributed by atoms with van der Waals surface area (Å²) in [6.07, 6.45) is 3.16. The minimum absolute atomic E-state index is 0.0806. The van der Waals surface area contributed by atoms with Crippen LogP contribution in [0.3, 0.4) is 0 Å².